The molecule has 2 aromatic rings. The highest BCUT2D eigenvalue weighted by Gasteiger charge is 1.98. The summed E-state index contributed by atoms with van der Waals surface area (Å²) in [6, 6.07) is 9.86. The topological polar surface area (TPSA) is 38.1 Å². The quantitative estimate of drug-likeness (QED) is 0.931. The van der Waals surface area contributed by atoms with Gasteiger partial charge in [-0.05, 0) is 31.2 Å². The SMILES string of the molecule is Cc1ccc(CNCc2ccccn2)o1.Cl.Cl. The molecule has 0 radical (unpaired) electrons. The maximum absolute atomic E-state index is 5.44. The Morgan fingerprint density at radius 3 is 2.53 bits per heavy atom. The minimum Gasteiger partial charge on any atom is -0.465 e. The van der Waals surface area contributed by atoms with Crippen molar-refractivity contribution in [3.8, 4) is 0 Å². The number of hydrogen-bond donors (Lipinski definition) is 1. The lowest BCUT2D eigenvalue weighted by atomic mass is 10.3. The molecule has 94 valence electrons. The highest BCUT2D eigenvalue weighted by molar-refractivity contribution is 5.85. The zero-order chi connectivity index (χ0) is 10.5. The highest BCUT2D eigenvalue weighted by Crippen LogP contribution is 2.05. The third kappa shape index (κ3) is 5.22. The standard InChI is InChI=1S/C12H14N2O.2ClH/c1-10-5-6-12(15-10)9-13-8-11-4-2-3-7-14-11;;/h2-7,13H,8-9H2,1H3;2*1H. The van der Waals surface area contributed by atoms with E-state index in [-0.39, 0.29) is 24.8 Å². The van der Waals surface area contributed by atoms with E-state index in [4.69, 9.17) is 4.42 Å². The molecule has 0 aromatic carbocycles. The van der Waals surface area contributed by atoms with Gasteiger partial charge in [-0.2, -0.15) is 0 Å². The molecule has 0 bridgehead atoms. The summed E-state index contributed by atoms with van der Waals surface area (Å²) in [4.78, 5) is 4.22. The zero-order valence-corrected chi connectivity index (χ0v) is 11.2. The van der Waals surface area contributed by atoms with Gasteiger partial charge in [0.15, 0.2) is 0 Å². The lowest BCUT2D eigenvalue weighted by molar-refractivity contribution is 0.461. The first-order valence-corrected chi connectivity index (χ1v) is 5.00. The molecule has 5 heteroatoms. The first-order chi connectivity index (χ1) is 7.34. The van der Waals surface area contributed by atoms with Gasteiger partial charge in [0.2, 0.25) is 0 Å². The number of aryl methyl sites for hydroxylation is 1. The van der Waals surface area contributed by atoms with Crippen molar-refractivity contribution in [2.75, 3.05) is 0 Å². The van der Waals surface area contributed by atoms with E-state index >= 15 is 0 Å². The molecule has 0 saturated heterocycles. The van der Waals surface area contributed by atoms with Crippen LogP contribution in [0.15, 0.2) is 40.9 Å². The van der Waals surface area contributed by atoms with Crippen LogP contribution in [0.4, 0.5) is 0 Å². The first-order valence-electron chi connectivity index (χ1n) is 5.00. The van der Waals surface area contributed by atoms with Gasteiger partial charge < -0.3 is 9.73 Å². The molecule has 0 atom stereocenters. The number of rotatable bonds is 4. The lowest BCUT2D eigenvalue weighted by Gasteiger charge is -2.01. The van der Waals surface area contributed by atoms with Gasteiger partial charge in [-0.1, -0.05) is 6.07 Å². The van der Waals surface area contributed by atoms with E-state index in [0.717, 1.165) is 30.3 Å². The summed E-state index contributed by atoms with van der Waals surface area (Å²) in [6.07, 6.45) is 1.80. The largest absolute Gasteiger partial charge is 0.465 e. The lowest BCUT2D eigenvalue weighted by Crippen LogP contribution is -2.12. The summed E-state index contributed by atoms with van der Waals surface area (Å²) in [5.41, 5.74) is 1.04. The Labute approximate surface area is 113 Å². The van der Waals surface area contributed by atoms with Crippen molar-refractivity contribution in [3.05, 3.63) is 53.7 Å². The van der Waals surface area contributed by atoms with Crippen molar-refractivity contribution in [2.24, 2.45) is 0 Å². The molecular formula is C12H16Cl2N2O. The minimum absolute atomic E-state index is 0. The predicted octanol–water partition coefficient (Wildman–Crippen LogP) is 3.12. The van der Waals surface area contributed by atoms with Crippen molar-refractivity contribution in [1.29, 1.82) is 0 Å². The molecule has 1 N–H and O–H groups in total. The summed E-state index contributed by atoms with van der Waals surface area (Å²) in [5.74, 6) is 1.91. The van der Waals surface area contributed by atoms with E-state index < -0.39 is 0 Å². The normalized spacial score (nSPS) is 9.24. The third-order valence-corrected chi connectivity index (χ3v) is 2.13. The van der Waals surface area contributed by atoms with E-state index in [1.807, 2.05) is 37.3 Å². The molecule has 0 aliphatic heterocycles. The average Bonchev–Trinajstić information content (AvgIpc) is 2.66. The number of pyridine rings is 1. The second-order valence-corrected chi connectivity index (χ2v) is 3.44. The van der Waals surface area contributed by atoms with Crippen LogP contribution in [0.5, 0.6) is 0 Å². The van der Waals surface area contributed by atoms with Crippen LogP contribution in [0.2, 0.25) is 0 Å². The van der Waals surface area contributed by atoms with Gasteiger partial charge in [0.25, 0.3) is 0 Å². The van der Waals surface area contributed by atoms with E-state index in [1.165, 1.54) is 0 Å². The molecular weight excluding hydrogens is 259 g/mol. The summed E-state index contributed by atoms with van der Waals surface area (Å²) < 4.78 is 5.44. The number of nitrogens with one attached hydrogen (secondary N) is 1. The van der Waals surface area contributed by atoms with E-state index in [9.17, 15) is 0 Å². The van der Waals surface area contributed by atoms with Crippen molar-refractivity contribution in [1.82, 2.24) is 10.3 Å². The Kier molecular flexibility index (Phi) is 7.63. The summed E-state index contributed by atoms with van der Waals surface area (Å²) in [7, 11) is 0. The van der Waals surface area contributed by atoms with Crippen LogP contribution in [0.25, 0.3) is 0 Å². The number of nitrogens with zero attached hydrogens (tertiary/aromatic N) is 1. The number of halogens is 2. The molecule has 2 heterocycles. The molecule has 0 aliphatic rings. The second-order valence-electron chi connectivity index (χ2n) is 3.44. The Morgan fingerprint density at radius 2 is 1.94 bits per heavy atom. The number of hydrogen-bond acceptors (Lipinski definition) is 3. The van der Waals surface area contributed by atoms with Gasteiger partial charge in [-0.15, -0.1) is 24.8 Å². The molecule has 0 spiro atoms. The fraction of sp³-hybridized carbons (Fsp3) is 0.250. The maximum atomic E-state index is 5.44. The Balaban J connectivity index is 0.00000128. The van der Waals surface area contributed by atoms with Crippen molar-refractivity contribution in [2.45, 2.75) is 20.0 Å². The van der Waals surface area contributed by atoms with Crippen molar-refractivity contribution in [3.63, 3.8) is 0 Å². The van der Waals surface area contributed by atoms with Gasteiger partial charge in [-0.3, -0.25) is 4.98 Å². The van der Waals surface area contributed by atoms with Gasteiger partial charge in [-0.25, -0.2) is 0 Å². The average molecular weight is 275 g/mol. The van der Waals surface area contributed by atoms with Crippen LogP contribution in [0.1, 0.15) is 17.2 Å². The van der Waals surface area contributed by atoms with Gasteiger partial charge in [0, 0.05) is 12.7 Å². The first kappa shape index (κ1) is 16.0. The fourth-order valence-electron chi connectivity index (χ4n) is 1.40. The zero-order valence-electron chi connectivity index (χ0n) is 9.55. The molecule has 0 saturated carbocycles. The molecule has 0 amide bonds. The van der Waals surface area contributed by atoms with Crippen molar-refractivity contribution < 1.29 is 4.42 Å². The minimum atomic E-state index is 0. The third-order valence-electron chi connectivity index (χ3n) is 2.13. The summed E-state index contributed by atoms with van der Waals surface area (Å²) in [6.45, 7) is 3.45. The van der Waals surface area contributed by atoms with E-state index in [2.05, 4.69) is 10.3 Å². The summed E-state index contributed by atoms with van der Waals surface area (Å²) >= 11 is 0. The number of aromatic nitrogens is 1. The highest BCUT2D eigenvalue weighted by atomic mass is 35.5. The number of furan rings is 1. The molecule has 0 aliphatic carbocycles. The molecule has 0 fully saturated rings. The van der Waals surface area contributed by atoms with Crippen LogP contribution in [0, 0.1) is 6.92 Å². The van der Waals surface area contributed by atoms with Crippen LogP contribution in [0.3, 0.4) is 0 Å². The second kappa shape index (κ2) is 8.12. The molecule has 0 unspecified atom stereocenters. The fourth-order valence-corrected chi connectivity index (χ4v) is 1.40. The Hall–Kier alpha value is -1.03. The van der Waals surface area contributed by atoms with Crippen molar-refractivity contribution >= 4 is 24.8 Å². The summed E-state index contributed by atoms with van der Waals surface area (Å²) in [5, 5.41) is 3.28. The molecule has 2 rings (SSSR count). The molecule has 3 nitrogen and oxygen atoms in total. The molecule has 2 aromatic heterocycles. The van der Waals surface area contributed by atoms with Crippen LogP contribution < -0.4 is 5.32 Å². The van der Waals surface area contributed by atoms with Crippen LogP contribution >= 0.6 is 24.8 Å². The monoisotopic (exact) mass is 274 g/mol. The maximum Gasteiger partial charge on any atom is 0.117 e. The smallest absolute Gasteiger partial charge is 0.117 e. The van der Waals surface area contributed by atoms with Crippen LogP contribution in [-0.4, -0.2) is 4.98 Å². The van der Waals surface area contributed by atoms with E-state index in [0.29, 0.717) is 0 Å². The van der Waals surface area contributed by atoms with Crippen LogP contribution in [-0.2, 0) is 13.1 Å². The molecule has 17 heavy (non-hydrogen) atoms. The van der Waals surface area contributed by atoms with Gasteiger partial charge in [0.1, 0.15) is 11.5 Å². The Bertz CT molecular complexity index is 417. The van der Waals surface area contributed by atoms with Gasteiger partial charge >= 0.3 is 0 Å². The predicted molar refractivity (Wildman–Crippen MR) is 72.7 cm³/mol. The Morgan fingerprint density at radius 1 is 1.12 bits per heavy atom. The van der Waals surface area contributed by atoms with E-state index in [1.54, 1.807) is 6.20 Å². The van der Waals surface area contributed by atoms with Gasteiger partial charge in [0.05, 0.1) is 12.2 Å².